The Morgan fingerprint density at radius 1 is 1.44 bits per heavy atom. The Morgan fingerprint density at radius 2 is 2.17 bits per heavy atom. The average molecular weight is 318 g/mol. The molecule has 1 amide bonds. The van der Waals surface area contributed by atoms with Crippen LogP contribution >= 0.6 is 15.9 Å². The summed E-state index contributed by atoms with van der Waals surface area (Å²) in [6, 6.07) is 0. The van der Waals surface area contributed by atoms with E-state index in [4.69, 9.17) is 4.74 Å². The summed E-state index contributed by atoms with van der Waals surface area (Å²) in [6.45, 7) is 7.99. The van der Waals surface area contributed by atoms with Crippen molar-refractivity contribution in [1.82, 2.24) is 4.90 Å². The minimum atomic E-state index is 0.141. The first kappa shape index (κ1) is 14.3. The van der Waals surface area contributed by atoms with Crippen molar-refractivity contribution in [3.63, 3.8) is 0 Å². The van der Waals surface area contributed by atoms with Gasteiger partial charge in [0.25, 0.3) is 0 Å². The van der Waals surface area contributed by atoms with Crippen molar-refractivity contribution in [1.29, 1.82) is 0 Å². The van der Waals surface area contributed by atoms with Gasteiger partial charge in [0.15, 0.2) is 0 Å². The molecule has 1 aliphatic heterocycles. The fourth-order valence-electron chi connectivity index (χ4n) is 3.32. The Hall–Kier alpha value is -0.0900. The number of ether oxygens (including phenoxy) is 1. The molecule has 18 heavy (non-hydrogen) atoms. The molecular formula is C14H24BrNO2. The van der Waals surface area contributed by atoms with Crippen LogP contribution in [0.5, 0.6) is 0 Å². The molecule has 1 saturated carbocycles. The zero-order chi connectivity index (χ0) is 13.3. The predicted molar refractivity (Wildman–Crippen MR) is 75.8 cm³/mol. The van der Waals surface area contributed by atoms with Gasteiger partial charge in [0.2, 0.25) is 5.91 Å². The summed E-state index contributed by atoms with van der Waals surface area (Å²) in [7, 11) is 0. The molecule has 1 heterocycles. The van der Waals surface area contributed by atoms with Gasteiger partial charge in [-0.05, 0) is 25.2 Å². The fourth-order valence-corrected chi connectivity index (χ4v) is 3.67. The number of hydrogen-bond acceptors (Lipinski definition) is 2. The van der Waals surface area contributed by atoms with E-state index in [0.29, 0.717) is 5.91 Å². The Bertz CT molecular complexity index is 319. The monoisotopic (exact) mass is 317 g/mol. The molecule has 0 aromatic carbocycles. The molecule has 2 rings (SSSR count). The summed E-state index contributed by atoms with van der Waals surface area (Å²) in [4.78, 5) is 14.7. The Balaban J connectivity index is 2.04. The van der Waals surface area contributed by atoms with Crippen molar-refractivity contribution in [2.24, 2.45) is 11.3 Å². The largest absolute Gasteiger partial charge is 0.371 e. The lowest BCUT2D eigenvalue weighted by Gasteiger charge is -2.39. The van der Waals surface area contributed by atoms with Crippen LogP contribution in [-0.4, -0.2) is 41.4 Å². The van der Waals surface area contributed by atoms with Gasteiger partial charge < -0.3 is 9.64 Å². The number of rotatable bonds is 2. The molecule has 3 unspecified atom stereocenters. The Morgan fingerprint density at radius 3 is 2.72 bits per heavy atom. The van der Waals surface area contributed by atoms with E-state index < -0.39 is 0 Å². The predicted octanol–water partition coefficient (Wildman–Crippen LogP) is 2.82. The number of hydrogen-bond donors (Lipinski definition) is 0. The van der Waals surface area contributed by atoms with Gasteiger partial charge in [0.05, 0.1) is 12.2 Å². The van der Waals surface area contributed by atoms with Crippen LogP contribution in [-0.2, 0) is 9.53 Å². The smallest absolute Gasteiger partial charge is 0.226 e. The molecular weight excluding hydrogens is 294 g/mol. The van der Waals surface area contributed by atoms with Crippen LogP contribution in [0.4, 0.5) is 0 Å². The average Bonchev–Trinajstić information content (AvgIpc) is 2.67. The Kier molecular flexibility index (Phi) is 4.37. The van der Waals surface area contributed by atoms with E-state index in [0.717, 1.165) is 24.8 Å². The first-order valence-corrected chi connectivity index (χ1v) is 8.06. The lowest BCUT2D eigenvalue weighted by Crippen LogP contribution is -2.52. The molecule has 1 saturated heterocycles. The summed E-state index contributed by atoms with van der Waals surface area (Å²) in [5.74, 6) is 0.553. The topological polar surface area (TPSA) is 29.5 Å². The van der Waals surface area contributed by atoms with Gasteiger partial charge in [0.1, 0.15) is 0 Å². The molecule has 2 fully saturated rings. The summed E-state index contributed by atoms with van der Waals surface area (Å²) in [5.41, 5.74) is 0.169. The number of amides is 1. The van der Waals surface area contributed by atoms with Crippen molar-refractivity contribution >= 4 is 21.8 Å². The molecule has 2 aliphatic rings. The van der Waals surface area contributed by atoms with Crippen LogP contribution in [0.3, 0.4) is 0 Å². The molecule has 3 atom stereocenters. The normalized spacial score (nSPS) is 35.8. The number of morpholine rings is 1. The molecule has 1 aliphatic carbocycles. The zero-order valence-corrected chi connectivity index (χ0v) is 13.2. The van der Waals surface area contributed by atoms with Gasteiger partial charge >= 0.3 is 0 Å². The maximum atomic E-state index is 12.7. The first-order valence-electron chi connectivity index (χ1n) is 6.94. The van der Waals surface area contributed by atoms with E-state index in [1.165, 1.54) is 12.8 Å². The molecule has 104 valence electrons. The minimum Gasteiger partial charge on any atom is -0.371 e. The number of alkyl halides is 1. The third-order valence-corrected chi connectivity index (χ3v) is 5.09. The van der Waals surface area contributed by atoms with Gasteiger partial charge in [-0.3, -0.25) is 4.79 Å². The number of nitrogens with zero attached hydrogens (tertiary/aromatic N) is 1. The standard InChI is InChI=1S/C14H24BrNO2/c1-10-8-16(9-11(7-15)18-10)13(17)12-5-4-6-14(12,2)3/h10-12H,4-9H2,1-3H3. The third kappa shape index (κ3) is 2.90. The summed E-state index contributed by atoms with van der Waals surface area (Å²) < 4.78 is 5.79. The third-order valence-electron chi connectivity index (χ3n) is 4.37. The van der Waals surface area contributed by atoms with Gasteiger partial charge in [-0.1, -0.05) is 36.2 Å². The second-order valence-electron chi connectivity index (χ2n) is 6.40. The van der Waals surface area contributed by atoms with Crippen LogP contribution < -0.4 is 0 Å². The van der Waals surface area contributed by atoms with E-state index in [-0.39, 0.29) is 23.5 Å². The van der Waals surface area contributed by atoms with Gasteiger partial charge in [0, 0.05) is 24.3 Å². The van der Waals surface area contributed by atoms with Crippen molar-refractivity contribution in [3.8, 4) is 0 Å². The maximum Gasteiger partial charge on any atom is 0.226 e. The highest BCUT2D eigenvalue weighted by Crippen LogP contribution is 2.43. The molecule has 0 spiro atoms. The fraction of sp³-hybridized carbons (Fsp3) is 0.929. The van der Waals surface area contributed by atoms with Crippen molar-refractivity contribution in [2.75, 3.05) is 18.4 Å². The molecule has 0 radical (unpaired) electrons. The van der Waals surface area contributed by atoms with Crippen molar-refractivity contribution in [2.45, 2.75) is 52.2 Å². The van der Waals surface area contributed by atoms with Crippen LogP contribution in [0.2, 0.25) is 0 Å². The quantitative estimate of drug-likeness (QED) is 0.733. The minimum absolute atomic E-state index is 0.141. The molecule has 3 nitrogen and oxygen atoms in total. The lowest BCUT2D eigenvalue weighted by molar-refractivity contribution is -0.149. The maximum absolute atomic E-state index is 12.7. The molecule has 0 aromatic rings. The van der Waals surface area contributed by atoms with Gasteiger partial charge in [-0.15, -0.1) is 0 Å². The number of carbonyl (C=O) groups excluding carboxylic acids is 1. The van der Waals surface area contributed by atoms with Crippen molar-refractivity contribution in [3.05, 3.63) is 0 Å². The Labute approximate surface area is 118 Å². The van der Waals surface area contributed by atoms with Crippen LogP contribution in [0.15, 0.2) is 0 Å². The highest BCUT2D eigenvalue weighted by molar-refractivity contribution is 9.09. The van der Waals surface area contributed by atoms with Crippen LogP contribution in [0.1, 0.15) is 40.0 Å². The summed E-state index contributed by atoms with van der Waals surface area (Å²) >= 11 is 3.46. The summed E-state index contributed by atoms with van der Waals surface area (Å²) in [6.07, 6.45) is 3.70. The molecule has 4 heteroatoms. The molecule has 0 N–H and O–H groups in total. The van der Waals surface area contributed by atoms with E-state index >= 15 is 0 Å². The van der Waals surface area contributed by atoms with E-state index in [2.05, 4.69) is 36.7 Å². The van der Waals surface area contributed by atoms with Crippen LogP contribution in [0.25, 0.3) is 0 Å². The highest BCUT2D eigenvalue weighted by atomic mass is 79.9. The summed E-state index contributed by atoms with van der Waals surface area (Å²) in [5, 5.41) is 0.801. The SMILES string of the molecule is CC1CN(C(=O)C2CCCC2(C)C)CC(CBr)O1. The number of carbonyl (C=O) groups is 1. The molecule has 0 bridgehead atoms. The van der Waals surface area contributed by atoms with E-state index in [9.17, 15) is 4.79 Å². The zero-order valence-electron chi connectivity index (χ0n) is 11.6. The van der Waals surface area contributed by atoms with E-state index in [1.54, 1.807) is 0 Å². The lowest BCUT2D eigenvalue weighted by atomic mass is 9.81. The van der Waals surface area contributed by atoms with E-state index in [1.807, 2.05) is 4.90 Å². The van der Waals surface area contributed by atoms with Gasteiger partial charge in [-0.25, -0.2) is 0 Å². The molecule has 0 aromatic heterocycles. The number of halogens is 1. The second-order valence-corrected chi connectivity index (χ2v) is 7.05. The van der Waals surface area contributed by atoms with Gasteiger partial charge in [-0.2, -0.15) is 0 Å². The van der Waals surface area contributed by atoms with Crippen molar-refractivity contribution < 1.29 is 9.53 Å². The second kappa shape index (κ2) is 5.49. The highest BCUT2D eigenvalue weighted by Gasteiger charge is 2.42. The first-order chi connectivity index (χ1) is 8.44. The van der Waals surface area contributed by atoms with Crippen LogP contribution in [0, 0.1) is 11.3 Å².